The van der Waals surface area contributed by atoms with Crippen molar-refractivity contribution in [1.82, 2.24) is 9.62 Å². The molecule has 0 spiro atoms. The number of carbonyl (C=O) groups is 1. The van der Waals surface area contributed by atoms with Crippen LogP contribution in [0.25, 0.3) is 0 Å². The van der Waals surface area contributed by atoms with Crippen LogP contribution in [-0.4, -0.2) is 49.5 Å². The Hall–Kier alpha value is -0.960. The number of sulfonamides is 1. The Morgan fingerprint density at radius 1 is 1.43 bits per heavy atom. The van der Waals surface area contributed by atoms with Gasteiger partial charge in [0, 0.05) is 7.05 Å². The molecule has 0 bridgehead atoms. The number of thiophene rings is 1. The molecule has 0 aliphatic rings. The zero-order valence-corrected chi connectivity index (χ0v) is 14.1. The number of rotatable bonds is 8. The third-order valence-corrected chi connectivity index (χ3v) is 6.76. The lowest BCUT2D eigenvalue weighted by Crippen LogP contribution is -2.53. The fourth-order valence-electron chi connectivity index (χ4n) is 1.88. The molecule has 0 aliphatic carbocycles. The predicted molar refractivity (Wildman–Crippen MR) is 82.7 cm³/mol. The molecule has 120 valence electrons. The first kappa shape index (κ1) is 18.1. The van der Waals surface area contributed by atoms with Gasteiger partial charge in [-0.3, -0.25) is 4.79 Å². The van der Waals surface area contributed by atoms with E-state index in [1.165, 1.54) is 13.1 Å². The molecule has 21 heavy (non-hydrogen) atoms. The van der Waals surface area contributed by atoms with E-state index in [-0.39, 0.29) is 17.4 Å². The third-order valence-electron chi connectivity index (χ3n) is 3.59. The molecule has 0 aromatic carbocycles. The number of likely N-dealkylation sites (N-methyl/N-ethyl adjacent to an activating group) is 1. The van der Waals surface area contributed by atoms with Gasteiger partial charge in [-0.2, -0.15) is 4.31 Å². The van der Waals surface area contributed by atoms with Crippen LogP contribution in [0.4, 0.5) is 0 Å². The first-order valence-electron chi connectivity index (χ1n) is 6.73. The first-order chi connectivity index (χ1) is 9.81. The average Bonchev–Trinajstić information content (AvgIpc) is 2.99. The number of hydrogen-bond acceptors (Lipinski definition) is 5. The maximum atomic E-state index is 12.2. The summed E-state index contributed by atoms with van der Waals surface area (Å²) in [4.78, 5) is 12.0. The van der Waals surface area contributed by atoms with Crippen molar-refractivity contribution >= 4 is 27.3 Å². The lowest BCUT2D eigenvalue weighted by molar-refractivity contribution is -0.123. The van der Waals surface area contributed by atoms with Gasteiger partial charge < -0.3 is 10.4 Å². The maximum Gasteiger partial charge on any atom is 0.252 e. The molecule has 0 saturated heterocycles. The van der Waals surface area contributed by atoms with Crippen molar-refractivity contribution in [1.29, 1.82) is 0 Å². The molecule has 0 fully saturated rings. The fraction of sp³-hybridized carbons (Fsp3) is 0.615. The maximum absolute atomic E-state index is 12.2. The van der Waals surface area contributed by atoms with E-state index < -0.39 is 21.5 Å². The van der Waals surface area contributed by atoms with Gasteiger partial charge in [-0.25, -0.2) is 8.42 Å². The van der Waals surface area contributed by atoms with E-state index in [1.807, 2.05) is 13.8 Å². The van der Waals surface area contributed by atoms with Crippen molar-refractivity contribution in [3.05, 3.63) is 17.5 Å². The van der Waals surface area contributed by atoms with Gasteiger partial charge in [0.25, 0.3) is 10.0 Å². The largest absolute Gasteiger partial charge is 0.394 e. The molecule has 0 unspecified atom stereocenters. The lowest BCUT2D eigenvalue weighted by Gasteiger charge is -2.31. The Morgan fingerprint density at radius 2 is 2.05 bits per heavy atom. The van der Waals surface area contributed by atoms with Crippen molar-refractivity contribution in [2.45, 2.75) is 36.4 Å². The van der Waals surface area contributed by atoms with Gasteiger partial charge in [0.15, 0.2) is 0 Å². The molecule has 1 rings (SSSR count). The summed E-state index contributed by atoms with van der Waals surface area (Å²) in [5.41, 5.74) is -0.690. The highest BCUT2D eigenvalue weighted by Crippen LogP contribution is 2.20. The summed E-state index contributed by atoms with van der Waals surface area (Å²) in [6.45, 7) is 3.29. The van der Waals surface area contributed by atoms with E-state index in [1.54, 1.807) is 11.4 Å². The van der Waals surface area contributed by atoms with E-state index in [0.29, 0.717) is 12.8 Å². The van der Waals surface area contributed by atoms with Gasteiger partial charge in [-0.15, -0.1) is 11.3 Å². The van der Waals surface area contributed by atoms with Gasteiger partial charge in [0.05, 0.1) is 18.7 Å². The number of nitrogens with one attached hydrogen (secondary N) is 1. The number of nitrogens with zero attached hydrogens (tertiary/aromatic N) is 1. The van der Waals surface area contributed by atoms with E-state index >= 15 is 0 Å². The van der Waals surface area contributed by atoms with E-state index in [2.05, 4.69) is 5.32 Å². The van der Waals surface area contributed by atoms with E-state index in [0.717, 1.165) is 15.6 Å². The summed E-state index contributed by atoms with van der Waals surface area (Å²) < 4.78 is 25.6. The highest BCUT2D eigenvalue weighted by molar-refractivity contribution is 7.91. The van der Waals surface area contributed by atoms with Gasteiger partial charge in [0.2, 0.25) is 5.91 Å². The standard InChI is InChI=1S/C13H22N2O4S2/c1-4-13(5-2,10-16)14-11(17)9-15(3)21(18,19)12-7-6-8-20-12/h6-8,16H,4-5,9-10H2,1-3H3,(H,14,17). The number of aliphatic hydroxyl groups excluding tert-OH is 1. The second-order valence-electron chi connectivity index (χ2n) is 4.89. The minimum atomic E-state index is -3.64. The summed E-state index contributed by atoms with van der Waals surface area (Å²) in [5.74, 6) is -0.421. The molecule has 1 amide bonds. The number of hydrogen-bond donors (Lipinski definition) is 2. The molecule has 0 aliphatic heterocycles. The van der Waals surface area contributed by atoms with Gasteiger partial charge in [-0.05, 0) is 24.3 Å². The van der Waals surface area contributed by atoms with Crippen molar-refractivity contribution in [2.75, 3.05) is 20.2 Å². The molecule has 1 heterocycles. The summed E-state index contributed by atoms with van der Waals surface area (Å²) in [6.07, 6.45) is 1.15. The second kappa shape index (κ2) is 7.35. The number of amides is 1. The van der Waals surface area contributed by atoms with Crippen LogP contribution in [0, 0.1) is 0 Å². The Morgan fingerprint density at radius 3 is 2.48 bits per heavy atom. The highest BCUT2D eigenvalue weighted by Gasteiger charge is 2.29. The van der Waals surface area contributed by atoms with Crippen LogP contribution in [0.5, 0.6) is 0 Å². The molecule has 0 atom stereocenters. The number of carbonyl (C=O) groups excluding carboxylic acids is 1. The topological polar surface area (TPSA) is 86.7 Å². The Labute approximate surface area is 129 Å². The monoisotopic (exact) mass is 334 g/mol. The summed E-state index contributed by atoms with van der Waals surface area (Å²) >= 11 is 1.11. The predicted octanol–water partition coefficient (Wildman–Crippen LogP) is 1.04. The summed E-state index contributed by atoms with van der Waals surface area (Å²) in [5, 5.41) is 13.8. The molecule has 1 aromatic rings. The molecule has 1 aromatic heterocycles. The van der Waals surface area contributed by atoms with Crippen LogP contribution in [0.3, 0.4) is 0 Å². The summed E-state index contributed by atoms with van der Waals surface area (Å²) in [6, 6.07) is 3.15. The zero-order valence-electron chi connectivity index (χ0n) is 12.5. The molecule has 0 radical (unpaired) electrons. The molecule has 2 N–H and O–H groups in total. The average molecular weight is 334 g/mol. The lowest BCUT2D eigenvalue weighted by atomic mass is 9.94. The number of aliphatic hydroxyl groups is 1. The molecular formula is C13H22N2O4S2. The highest BCUT2D eigenvalue weighted by atomic mass is 32.2. The van der Waals surface area contributed by atoms with Crippen molar-refractivity contribution < 1.29 is 18.3 Å². The molecule has 6 nitrogen and oxygen atoms in total. The van der Waals surface area contributed by atoms with Crippen LogP contribution in [0.2, 0.25) is 0 Å². The Balaban J connectivity index is 2.75. The van der Waals surface area contributed by atoms with Crippen LogP contribution in [0.1, 0.15) is 26.7 Å². The smallest absolute Gasteiger partial charge is 0.252 e. The van der Waals surface area contributed by atoms with E-state index in [9.17, 15) is 18.3 Å². The van der Waals surface area contributed by atoms with Crippen LogP contribution < -0.4 is 5.32 Å². The molecular weight excluding hydrogens is 312 g/mol. The Bertz CT molecular complexity index is 542. The van der Waals surface area contributed by atoms with Crippen molar-refractivity contribution in [3.63, 3.8) is 0 Å². The van der Waals surface area contributed by atoms with Crippen molar-refractivity contribution in [3.8, 4) is 0 Å². The zero-order chi connectivity index (χ0) is 16.1. The van der Waals surface area contributed by atoms with Crippen LogP contribution in [0.15, 0.2) is 21.7 Å². The third kappa shape index (κ3) is 4.26. The van der Waals surface area contributed by atoms with Gasteiger partial charge in [0.1, 0.15) is 4.21 Å². The SMILES string of the molecule is CCC(CC)(CO)NC(=O)CN(C)S(=O)(=O)c1cccs1. The van der Waals surface area contributed by atoms with Gasteiger partial charge in [-0.1, -0.05) is 19.9 Å². The van der Waals surface area contributed by atoms with Gasteiger partial charge >= 0.3 is 0 Å². The first-order valence-corrected chi connectivity index (χ1v) is 9.05. The molecule has 0 saturated carbocycles. The second-order valence-corrected chi connectivity index (χ2v) is 8.11. The Kier molecular flexibility index (Phi) is 6.33. The normalized spacial score (nSPS) is 12.6. The minimum absolute atomic E-state index is 0.173. The van der Waals surface area contributed by atoms with Crippen LogP contribution in [-0.2, 0) is 14.8 Å². The fourth-order valence-corrected chi connectivity index (χ4v) is 4.20. The minimum Gasteiger partial charge on any atom is -0.394 e. The van der Waals surface area contributed by atoms with Crippen LogP contribution >= 0.6 is 11.3 Å². The summed E-state index contributed by atoms with van der Waals surface area (Å²) in [7, 11) is -2.27. The van der Waals surface area contributed by atoms with E-state index in [4.69, 9.17) is 0 Å². The molecule has 8 heteroatoms. The van der Waals surface area contributed by atoms with Crippen molar-refractivity contribution in [2.24, 2.45) is 0 Å². The quantitative estimate of drug-likeness (QED) is 0.743.